The molecule has 0 spiro atoms. The molecule has 2 fully saturated rings. The summed E-state index contributed by atoms with van der Waals surface area (Å²) in [4.78, 5) is 2.63. The first kappa shape index (κ1) is 17.2. The zero-order valence-electron chi connectivity index (χ0n) is 14.2. The second kappa shape index (κ2) is 8.50. The van der Waals surface area contributed by atoms with E-state index >= 15 is 0 Å². The molecule has 0 radical (unpaired) electrons. The van der Waals surface area contributed by atoms with Gasteiger partial charge >= 0.3 is 0 Å². The van der Waals surface area contributed by atoms with Crippen molar-refractivity contribution in [1.29, 1.82) is 0 Å². The SMILES string of the molecule is CC(C)NCC1(CN(CCO)C2CCCC2)CCCCC1. The fourth-order valence-corrected chi connectivity index (χ4v) is 4.33. The van der Waals surface area contributed by atoms with Gasteiger partial charge in [0, 0.05) is 31.7 Å². The smallest absolute Gasteiger partial charge is 0.0558 e. The van der Waals surface area contributed by atoms with Crippen molar-refractivity contribution in [2.24, 2.45) is 5.41 Å². The van der Waals surface area contributed by atoms with E-state index in [1.807, 2.05) is 0 Å². The van der Waals surface area contributed by atoms with Gasteiger partial charge in [-0.15, -0.1) is 0 Å². The number of hydrogen-bond acceptors (Lipinski definition) is 3. The lowest BCUT2D eigenvalue weighted by Crippen LogP contribution is -2.49. The minimum atomic E-state index is 0.310. The largest absolute Gasteiger partial charge is 0.395 e. The molecule has 0 heterocycles. The average Bonchev–Trinajstić information content (AvgIpc) is 3.00. The summed E-state index contributed by atoms with van der Waals surface area (Å²) in [5, 5.41) is 13.2. The Morgan fingerprint density at radius 3 is 2.33 bits per heavy atom. The fourth-order valence-electron chi connectivity index (χ4n) is 4.33. The Labute approximate surface area is 131 Å². The van der Waals surface area contributed by atoms with Crippen molar-refractivity contribution in [1.82, 2.24) is 10.2 Å². The van der Waals surface area contributed by atoms with Crippen molar-refractivity contribution in [3.8, 4) is 0 Å². The van der Waals surface area contributed by atoms with Crippen LogP contribution in [-0.2, 0) is 0 Å². The second-order valence-electron chi connectivity index (χ2n) is 7.73. The van der Waals surface area contributed by atoms with Gasteiger partial charge in [0.15, 0.2) is 0 Å². The monoisotopic (exact) mass is 296 g/mol. The van der Waals surface area contributed by atoms with Crippen LogP contribution in [0.1, 0.15) is 71.6 Å². The Kier molecular flexibility index (Phi) is 6.97. The van der Waals surface area contributed by atoms with E-state index in [9.17, 15) is 5.11 Å². The van der Waals surface area contributed by atoms with E-state index in [0.717, 1.165) is 19.1 Å². The third kappa shape index (κ3) is 5.22. The van der Waals surface area contributed by atoms with Gasteiger partial charge in [-0.3, -0.25) is 4.90 Å². The van der Waals surface area contributed by atoms with Crippen molar-refractivity contribution >= 4 is 0 Å². The van der Waals surface area contributed by atoms with E-state index in [0.29, 0.717) is 18.1 Å². The molecule has 0 aromatic carbocycles. The molecule has 0 bridgehead atoms. The topological polar surface area (TPSA) is 35.5 Å². The van der Waals surface area contributed by atoms with Gasteiger partial charge in [-0.25, -0.2) is 0 Å². The Hall–Kier alpha value is -0.120. The van der Waals surface area contributed by atoms with Crippen LogP contribution in [0.3, 0.4) is 0 Å². The van der Waals surface area contributed by atoms with E-state index in [2.05, 4.69) is 24.1 Å². The predicted molar refractivity (Wildman–Crippen MR) is 89.6 cm³/mol. The molecule has 0 aliphatic heterocycles. The van der Waals surface area contributed by atoms with Crippen molar-refractivity contribution in [3.05, 3.63) is 0 Å². The molecule has 0 unspecified atom stereocenters. The van der Waals surface area contributed by atoms with Crippen LogP contribution < -0.4 is 5.32 Å². The van der Waals surface area contributed by atoms with Crippen LogP contribution in [-0.4, -0.2) is 48.3 Å². The van der Waals surface area contributed by atoms with Crippen LogP contribution in [0.2, 0.25) is 0 Å². The highest BCUT2D eigenvalue weighted by atomic mass is 16.3. The van der Waals surface area contributed by atoms with Gasteiger partial charge in [0.25, 0.3) is 0 Å². The van der Waals surface area contributed by atoms with Gasteiger partial charge in [0.05, 0.1) is 6.61 Å². The highest BCUT2D eigenvalue weighted by Gasteiger charge is 2.36. The standard InChI is InChI=1S/C18H36N2O/c1-16(2)19-14-18(10-6-3-7-11-18)15-20(12-13-21)17-8-4-5-9-17/h16-17,19,21H,3-15H2,1-2H3. The number of nitrogens with one attached hydrogen (secondary N) is 1. The minimum Gasteiger partial charge on any atom is -0.395 e. The molecular weight excluding hydrogens is 260 g/mol. The van der Waals surface area contributed by atoms with Crippen LogP contribution >= 0.6 is 0 Å². The Morgan fingerprint density at radius 2 is 1.76 bits per heavy atom. The van der Waals surface area contributed by atoms with Crippen molar-refractivity contribution in [2.45, 2.75) is 83.7 Å². The number of hydrogen-bond donors (Lipinski definition) is 2. The third-order valence-corrected chi connectivity index (χ3v) is 5.57. The molecule has 0 atom stereocenters. The van der Waals surface area contributed by atoms with Crippen molar-refractivity contribution in [3.63, 3.8) is 0 Å². The van der Waals surface area contributed by atoms with Crippen LogP contribution in [0, 0.1) is 5.41 Å². The first-order valence-corrected chi connectivity index (χ1v) is 9.23. The van der Waals surface area contributed by atoms with E-state index in [4.69, 9.17) is 0 Å². The second-order valence-corrected chi connectivity index (χ2v) is 7.73. The summed E-state index contributed by atoms with van der Waals surface area (Å²) in [6.45, 7) is 8.02. The van der Waals surface area contributed by atoms with E-state index in [1.54, 1.807) is 0 Å². The molecule has 2 rings (SSSR count). The molecule has 2 aliphatic rings. The zero-order chi connectivity index (χ0) is 15.1. The lowest BCUT2D eigenvalue weighted by molar-refractivity contribution is 0.0610. The van der Waals surface area contributed by atoms with Crippen molar-refractivity contribution < 1.29 is 5.11 Å². The quantitative estimate of drug-likeness (QED) is 0.722. The Bertz CT molecular complexity index is 281. The Balaban J connectivity index is 1.99. The number of nitrogens with zero attached hydrogens (tertiary/aromatic N) is 1. The Morgan fingerprint density at radius 1 is 1.10 bits per heavy atom. The summed E-state index contributed by atoms with van der Waals surface area (Å²) < 4.78 is 0. The summed E-state index contributed by atoms with van der Waals surface area (Å²) in [6.07, 6.45) is 12.3. The number of aliphatic hydroxyl groups excluding tert-OH is 1. The summed E-state index contributed by atoms with van der Waals surface area (Å²) >= 11 is 0. The maximum Gasteiger partial charge on any atom is 0.0558 e. The van der Waals surface area contributed by atoms with Crippen LogP contribution in [0.25, 0.3) is 0 Å². The maximum atomic E-state index is 9.47. The van der Waals surface area contributed by atoms with Crippen LogP contribution in [0.15, 0.2) is 0 Å². The molecule has 0 amide bonds. The summed E-state index contributed by atoms with van der Waals surface area (Å²) in [6, 6.07) is 1.30. The number of aliphatic hydroxyl groups is 1. The first-order chi connectivity index (χ1) is 10.2. The highest BCUT2D eigenvalue weighted by Crippen LogP contribution is 2.38. The lowest BCUT2D eigenvalue weighted by atomic mass is 9.73. The van der Waals surface area contributed by atoms with Gasteiger partial charge in [-0.05, 0) is 31.1 Å². The van der Waals surface area contributed by atoms with E-state index < -0.39 is 0 Å². The van der Waals surface area contributed by atoms with Crippen molar-refractivity contribution in [2.75, 3.05) is 26.2 Å². The molecule has 3 nitrogen and oxygen atoms in total. The summed E-state index contributed by atoms with van der Waals surface area (Å²) in [7, 11) is 0. The highest BCUT2D eigenvalue weighted by molar-refractivity contribution is 4.91. The minimum absolute atomic E-state index is 0.310. The van der Waals surface area contributed by atoms with E-state index in [1.165, 1.54) is 64.3 Å². The molecule has 0 aromatic heterocycles. The summed E-state index contributed by atoms with van der Waals surface area (Å²) in [5.74, 6) is 0. The normalized spacial score (nSPS) is 23.3. The third-order valence-electron chi connectivity index (χ3n) is 5.57. The molecule has 2 saturated carbocycles. The van der Waals surface area contributed by atoms with Gasteiger partial charge < -0.3 is 10.4 Å². The molecule has 3 heteroatoms. The molecule has 2 N–H and O–H groups in total. The average molecular weight is 296 g/mol. The lowest BCUT2D eigenvalue weighted by Gasteiger charge is -2.43. The molecule has 2 aliphatic carbocycles. The van der Waals surface area contributed by atoms with E-state index in [-0.39, 0.29) is 0 Å². The molecular formula is C18H36N2O. The predicted octanol–water partition coefficient (Wildman–Crippen LogP) is 3.17. The molecule has 21 heavy (non-hydrogen) atoms. The number of rotatable bonds is 8. The summed E-state index contributed by atoms with van der Waals surface area (Å²) in [5.41, 5.74) is 0.445. The van der Waals surface area contributed by atoms with Gasteiger partial charge in [0.1, 0.15) is 0 Å². The maximum absolute atomic E-state index is 9.47. The molecule has 0 aromatic rings. The first-order valence-electron chi connectivity index (χ1n) is 9.23. The zero-order valence-corrected chi connectivity index (χ0v) is 14.2. The molecule has 124 valence electrons. The van der Waals surface area contributed by atoms with Gasteiger partial charge in [-0.2, -0.15) is 0 Å². The molecule has 0 saturated heterocycles. The van der Waals surface area contributed by atoms with Gasteiger partial charge in [0.2, 0.25) is 0 Å². The van der Waals surface area contributed by atoms with Crippen LogP contribution in [0.4, 0.5) is 0 Å². The van der Waals surface area contributed by atoms with Gasteiger partial charge in [-0.1, -0.05) is 46.0 Å². The van der Waals surface area contributed by atoms with Crippen LogP contribution in [0.5, 0.6) is 0 Å². The fraction of sp³-hybridized carbons (Fsp3) is 1.00.